The van der Waals surface area contributed by atoms with Gasteiger partial charge in [-0.05, 0) is 41.5 Å². The Kier molecular flexibility index (Phi) is 7.63. The summed E-state index contributed by atoms with van der Waals surface area (Å²) in [5, 5.41) is 12.5. The minimum atomic E-state index is -0.979. The van der Waals surface area contributed by atoms with Gasteiger partial charge >= 0.3 is 5.97 Å². The van der Waals surface area contributed by atoms with Gasteiger partial charge in [0.15, 0.2) is 0 Å². The second kappa shape index (κ2) is 10.6. The molecule has 6 nitrogen and oxygen atoms in total. The first-order chi connectivity index (χ1) is 15.5. The highest BCUT2D eigenvalue weighted by Crippen LogP contribution is 2.19. The largest absolute Gasteiger partial charge is 0.478 e. The van der Waals surface area contributed by atoms with E-state index in [4.69, 9.17) is 16.7 Å². The molecule has 0 saturated heterocycles. The predicted molar refractivity (Wildman–Crippen MR) is 125 cm³/mol. The number of carbonyl (C=O) groups is 2. The maximum Gasteiger partial charge on any atom is 0.335 e. The lowest BCUT2D eigenvalue weighted by Crippen LogP contribution is -2.22. The smallest absolute Gasteiger partial charge is 0.335 e. The molecule has 2 aromatic heterocycles. The summed E-state index contributed by atoms with van der Waals surface area (Å²) >= 11 is 6.23. The van der Waals surface area contributed by atoms with Crippen LogP contribution in [0.4, 0.5) is 0 Å². The van der Waals surface area contributed by atoms with Crippen LogP contribution in [-0.2, 0) is 13.0 Å². The average Bonchev–Trinajstić information content (AvgIpc) is 3.22. The molecule has 0 radical (unpaired) electrons. The van der Waals surface area contributed by atoms with Crippen molar-refractivity contribution in [2.45, 2.75) is 26.8 Å². The number of halogens is 1. The number of fused-ring (bicyclic) bond motifs is 1. The molecule has 7 heteroatoms. The molecule has 0 unspecified atom stereocenters. The molecule has 0 aliphatic rings. The van der Waals surface area contributed by atoms with Gasteiger partial charge in [0.25, 0.3) is 5.91 Å². The van der Waals surface area contributed by atoms with Gasteiger partial charge in [-0.3, -0.25) is 4.79 Å². The Morgan fingerprint density at radius 1 is 1.03 bits per heavy atom. The molecule has 0 bridgehead atoms. The van der Waals surface area contributed by atoms with Gasteiger partial charge in [-0.15, -0.1) is 0 Å². The van der Waals surface area contributed by atoms with Crippen LogP contribution in [-0.4, -0.2) is 26.4 Å². The zero-order chi connectivity index (χ0) is 23.1. The van der Waals surface area contributed by atoms with Crippen molar-refractivity contribution in [3.05, 3.63) is 106 Å². The molecule has 0 saturated carbocycles. The minimum Gasteiger partial charge on any atom is -0.478 e. The quantitative estimate of drug-likeness (QED) is 0.422. The van der Waals surface area contributed by atoms with E-state index in [9.17, 15) is 9.59 Å². The fraction of sp³-hybridized carbons (Fsp3) is 0.160. The topological polar surface area (TPSA) is 83.7 Å². The monoisotopic (exact) mass is 449 g/mol. The van der Waals surface area contributed by atoms with Gasteiger partial charge in [0.1, 0.15) is 5.65 Å². The van der Waals surface area contributed by atoms with Crippen molar-refractivity contribution in [1.29, 1.82) is 0 Å². The molecule has 0 spiro atoms. The van der Waals surface area contributed by atoms with E-state index >= 15 is 0 Å². The van der Waals surface area contributed by atoms with Crippen molar-refractivity contribution in [3.8, 4) is 0 Å². The van der Waals surface area contributed by atoms with E-state index in [1.807, 2.05) is 48.7 Å². The molecule has 4 rings (SSSR count). The lowest BCUT2D eigenvalue weighted by Gasteiger charge is -2.06. The Morgan fingerprint density at radius 2 is 1.75 bits per heavy atom. The highest BCUT2D eigenvalue weighted by Gasteiger charge is 2.10. The number of rotatable bonds is 6. The van der Waals surface area contributed by atoms with Crippen LogP contribution in [0.3, 0.4) is 0 Å². The van der Waals surface area contributed by atoms with Crippen LogP contribution in [0.5, 0.6) is 0 Å². The first-order valence-electron chi connectivity index (χ1n) is 10.3. The molecule has 2 heterocycles. The molecule has 2 aromatic carbocycles. The zero-order valence-corrected chi connectivity index (χ0v) is 18.6. The van der Waals surface area contributed by atoms with E-state index in [-0.39, 0.29) is 11.5 Å². The van der Waals surface area contributed by atoms with Crippen LogP contribution < -0.4 is 5.32 Å². The SMILES string of the molecule is CC.O=C(O)c1ccc(CNC(=O)c2ccn3cc(Cc4ccccc4Cl)nc3c2)cc1. The maximum absolute atomic E-state index is 12.5. The predicted octanol–water partition coefficient (Wildman–Crippen LogP) is 5.23. The van der Waals surface area contributed by atoms with Crippen LogP contribution in [0.15, 0.2) is 73.1 Å². The number of aromatic nitrogens is 2. The second-order valence-corrected chi connectivity index (χ2v) is 7.27. The number of aromatic carboxylic acids is 1. The van der Waals surface area contributed by atoms with E-state index in [1.54, 1.807) is 30.5 Å². The number of carboxylic acid groups (broad SMARTS) is 1. The molecular formula is C25H24ClN3O3. The van der Waals surface area contributed by atoms with Crippen molar-refractivity contribution in [2.24, 2.45) is 0 Å². The standard InChI is InChI=1S/C23H18ClN3O3.C2H6/c24-20-4-2-1-3-17(20)11-19-14-27-10-9-18(12-21(27)26-19)22(28)25-13-15-5-7-16(8-6-15)23(29)30;1-2/h1-10,12,14H,11,13H2,(H,25,28)(H,29,30);1-2H3. The minimum absolute atomic E-state index is 0.211. The third-order valence-electron chi connectivity index (χ3n) is 4.76. The first-order valence-corrected chi connectivity index (χ1v) is 10.7. The van der Waals surface area contributed by atoms with Crippen molar-refractivity contribution >= 4 is 29.1 Å². The van der Waals surface area contributed by atoms with Crippen LogP contribution in [0, 0.1) is 0 Å². The van der Waals surface area contributed by atoms with Gasteiger partial charge in [-0.2, -0.15) is 0 Å². The van der Waals surface area contributed by atoms with Crippen LogP contribution in [0.2, 0.25) is 5.02 Å². The number of nitrogens with zero attached hydrogens (tertiary/aromatic N) is 2. The third kappa shape index (κ3) is 5.53. The van der Waals surface area contributed by atoms with Crippen LogP contribution >= 0.6 is 11.6 Å². The van der Waals surface area contributed by atoms with E-state index in [2.05, 4.69) is 10.3 Å². The van der Waals surface area contributed by atoms with E-state index in [1.165, 1.54) is 12.1 Å². The third-order valence-corrected chi connectivity index (χ3v) is 5.12. The highest BCUT2D eigenvalue weighted by molar-refractivity contribution is 6.31. The van der Waals surface area contributed by atoms with Crippen molar-refractivity contribution < 1.29 is 14.7 Å². The van der Waals surface area contributed by atoms with Gasteiger partial charge in [0.2, 0.25) is 0 Å². The molecule has 32 heavy (non-hydrogen) atoms. The van der Waals surface area contributed by atoms with Crippen LogP contribution in [0.1, 0.15) is 51.4 Å². The van der Waals surface area contributed by atoms with Crippen LogP contribution in [0.25, 0.3) is 5.65 Å². The van der Waals surface area contributed by atoms with Gasteiger partial charge < -0.3 is 14.8 Å². The van der Waals surface area contributed by atoms with Gasteiger partial charge in [-0.25, -0.2) is 9.78 Å². The van der Waals surface area contributed by atoms with E-state index in [0.717, 1.165) is 16.8 Å². The summed E-state index contributed by atoms with van der Waals surface area (Å²) in [6, 6.07) is 17.5. The first kappa shape index (κ1) is 23.0. The number of carboxylic acids is 1. The van der Waals surface area contributed by atoms with Crippen molar-refractivity contribution in [2.75, 3.05) is 0 Å². The molecule has 0 fully saturated rings. The summed E-state index contributed by atoms with van der Waals surface area (Å²) in [6.07, 6.45) is 4.33. The fourth-order valence-electron chi connectivity index (χ4n) is 3.15. The molecular weight excluding hydrogens is 426 g/mol. The Morgan fingerprint density at radius 3 is 2.44 bits per heavy atom. The summed E-state index contributed by atoms with van der Waals surface area (Å²) in [7, 11) is 0. The number of hydrogen-bond donors (Lipinski definition) is 2. The number of imidazole rings is 1. The summed E-state index contributed by atoms with van der Waals surface area (Å²) in [6.45, 7) is 4.30. The summed E-state index contributed by atoms with van der Waals surface area (Å²) < 4.78 is 1.87. The molecule has 0 atom stereocenters. The molecule has 1 amide bonds. The van der Waals surface area contributed by atoms with Gasteiger partial charge in [-0.1, -0.05) is 55.8 Å². The Bertz CT molecular complexity index is 1230. The number of nitrogens with one attached hydrogen (secondary N) is 1. The normalized spacial score (nSPS) is 10.3. The van der Waals surface area contributed by atoms with E-state index in [0.29, 0.717) is 29.2 Å². The summed E-state index contributed by atoms with van der Waals surface area (Å²) in [5.74, 6) is -1.21. The molecule has 4 aromatic rings. The Balaban J connectivity index is 0.00000141. The number of benzene rings is 2. The molecule has 164 valence electrons. The molecule has 0 aliphatic carbocycles. The Labute approximate surface area is 191 Å². The molecule has 0 aliphatic heterocycles. The van der Waals surface area contributed by atoms with Gasteiger partial charge in [0.05, 0.1) is 11.3 Å². The number of hydrogen-bond acceptors (Lipinski definition) is 3. The Hall–Kier alpha value is -3.64. The second-order valence-electron chi connectivity index (χ2n) is 6.87. The van der Waals surface area contributed by atoms with Crippen molar-refractivity contribution in [1.82, 2.24) is 14.7 Å². The maximum atomic E-state index is 12.5. The van der Waals surface area contributed by atoms with Gasteiger partial charge in [0, 0.05) is 35.9 Å². The van der Waals surface area contributed by atoms with E-state index < -0.39 is 5.97 Å². The summed E-state index contributed by atoms with van der Waals surface area (Å²) in [5.41, 5.74) is 4.06. The number of amides is 1. The number of pyridine rings is 1. The number of carbonyl (C=O) groups excluding carboxylic acids is 1. The fourth-order valence-corrected chi connectivity index (χ4v) is 3.35. The zero-order valence-electron chi connectivity index (χ0n) is 17.9. The highest BCUT2D eigenvalue weighted by atomic mass is 35.5. The molecule has 2 N–H and O–H groups in total. The average molecular weight is 450 g/mol. The lowest BCUT2D eigenvalue weighted by atomic mass is 10.1. The summed E-state index contributed by atoms with van der Waals surface area (Å²) in [4.78, 5) is 28.0. The van der Waals surface area contributed by atoms with Crippen molar-refractivity contribution in [3.63, 3.8) is 0 Å². The lowest BCUT2D eigenvalue weighted by molar-refractivity contribution is 0.0696.